The topological polar surface area (TPSA) is 52.6 Å². The molecule has 18 heavy (non-hydrogen) atoms. The summed E-state index contributed by atoms with van der Waals surface area (Å²) in [7, 11) is -3.69. The summed E-state index contributed by atoms with van der Waals surface area (Å²) in [4.78, 5) is 0.157. The van der Waals surface area contributed by atoms with E-state index in [-0.39, 0.29) is 24.2 Å². The van der Waals surface area contributed by atoms with Crippen LogP contribution in [0.15, 0.2) is 41.8 Å². The third kappa shape index (κ3) is 4.60. The van der Waals surface area contributed by atoms with E-state index >= 15 is 0 Å². The van der Waals surface area contributed by atoms with Crippen molar-refractivity contribution in [2.75, 3.05) is 13.2 Å². The molecule has 4 nitrogen and oxygen atoms in total. The van der Waals surface area contributed by atoms with Crippen molar-refractivity contribution in [2.45, 2.75) is 24.8 Å². The van der Waals surface area contributed by atoms with Crippen LogP contribution >= 0.6 is 0 Å². The predicted molar refractivity (Wildman–Crippen MR) is 69.9 cm³/mol. The van der Waals surface area contributed by atoms with Crippen LogP contribution in [0.5, 0.6) is 0 Å². The Kier molecular flexibility index (Phi) is 5.53. The first-order chi connectivity index (χ1) is 8.45. The molecular formula is C13H18O4S. The van der Waals surface area contributed by atoms with Crippen LogP contribution in [0, 0.1) is 6.92 Å². The highest BCUT2D eigenvalue weighted by molar-refractivity contribution is 7.86. The van der Waals surface area contributed by atoms with Crippen LogP contribution in [0.2, 0.25) is 0 Å². The van der Waals surface area contributed by atoms with Crippen LogP contribution in [-0.4, -0.2) is 27.7 Å². The third-order valence-electron chi connectivity index (χ3n) is 2.34. The fraction of sp³-hybridized carbons (Fsp3) is 0.385. The standard InChI is InChI=1S/C13H18O4S/c1-4-12(3)16-9-10-17-18(14,15)13-7-5-11(2)6-8-13/h4-8,12H,1,9-10H2,2-3H3. The highest BCUT2D eigenvalue weighted by Gasteiger charge is 2.14. The molecule has 0 saturated heterocycles. The van der Waals surface area contributed by atoms with Gasteiger partial charge in [0, 0.05) is 0 Å². The smallest absolute Gasteiger partial charge is 0.297 e. The molecule has 0 aliphatic rings. The number of benzene rings is 1. The van der Waals surface area contributed by atoms with Crippen molar-refractivity contribution in [3.8, 4) is 0 Å². The number of hydrogen-bond acceptors (Lipinski definition) is 4. The third-order valence-corrected chi connectivity index (χ3v) is 3.67. The monoisotopic (exact) mass is 270 g/mol. The molecule has 0 heterocycles. The highest BCUT2D eigenvalue weighted by Crippen LogP contribution is 2.12. The Hall–Kier alpha value is -1.17. The molecule has 0 aliphatic carbocycles. The summed E-state index contributed by atoms with van der Waals surface area (Å²) in [5.41, 5.74) is 0.997. The maximum absolute atomic E-state index is 11.8. The number of hydrogen-bond donors (Lipinski definition) is 0. The minimum Gasteiger partial charge on any atom is -0.372 e. The molecule has 0 aromatic heterocycles. The lowest BCUT2D eigenvalue weighted by atomic mass is 10.2. The summed E-state index contributed by atoms with van der Waals surface area (Å²) < 4.78 is 33.6. The van der Waals surface area contributed by atoms with Gasteiger partial charge in [0.2, 0.25) is 0 Å². The normalized spacial score (nSPS) is 13.2. The Morgan fingerprint density at radius 3 is 2.44 bits per heavy atom. The lowest BCUT2D eigenvalue weighted by Crippen LogP contribution is -2.14. The Balaban J connectivity index is 2.50. The minimum absolute atomic E-state index is 0.00557. The van der Waals surface area contributed by atoms with Crippen molar-refractivity contribution >= 4 is 10.1 Å². The Morgan fingerprint density at radius 2 is 1.89 bits per heavy atom. The molecule has 1 rings (SSSR count). The number of ether oxygens (including phenoxy) is 1. The summed E-state index contributed by atoms with van der Waals surface area (Å²) in [6.45, 7) is 7.47. The van der Waals surface area contributed by atoms with E-state index in [0.717, 1.165) is 5.56 Å². The van der Waals surface area contributed by atoms with Gasteiger partial charge in [-0.3, -0.25) is 4.18 Å². The van der Waals surface area contributed by atoms with Crippen molar-refractivity contribution in [3.05, 3.63) is 42.5 Å². The van der Waals surface area contributed by atoms with Gasteiger partial charge in [-0.1, -0.05) is 23.8 Å². The molecule has 1 unspecified atom stereocenters. The predicted octanol–water partition coefficient (Wildman–Crippen LogP) is 2.29. The molecule has 1 atom stereocenters. The molecule has 0 saturated carbocycles. The van der Waals surface area contributed by atoms with E-state index in [4.69, 9.17) is 8.92 Å². The molecule has 0 bridgehead atoms. The second-order valence-corrected chi connectivity index (χ2v) is 5.52. The Labute approximate surface area is 108 Å². The quantitative estimate of drug-likeness (QED) is 0.433. The number of rotatable bonds is 7. The first-order valence-electron chi connectivity index (χ1n) is 5.66. The summed E-state index contributed by atoms with van der Waals surface area (Å²) in [6, 6.07) is 6.51. The lowest BCUT2D eigenvalue weighted by Gasteiger charge is -2.09. The first-order valence-corrected chi connectivity index (χ1v) is 7.07. The number of aryl methyl sites for hydroxylation is 1. The second kappa shape index (κ2) is 6.68. The van der Waals surface area contributed by atoms with Crippen LogP contribution in [0.25, 0.3) is 0 Å². The zero-order valence-corrected chi connectivity index (χ0v) is 11.4. The lowest BCUT2D eigenvalue weighted by molar-refractivity contribution is 0.0723. The van der Waals surface area contributed by atoms with Gasteiger partial charge in [-0.2, -0.15) is 8.42 Å². The van der Waals surface area contributed by atoms with Gasteiger partial charge in [0.1, 0.15) is 0 Å². The van der Waals surface area contributed by atoms with E-state index in [0.29, 0.717) is 0 Å². The van der Waals surface area contributed by atoms with E-state index in [1.165, 1.54) is 12.1 Å². The summed E-state index contributed by atoms with van der Waals surface area (Å²) in [6.07, 6.45) is 1.52. The van der Waals surface area contributed by atoms with Crippen LogP contribution < -0.4 is 0 Å². The second-order valence-electron chi connectivity index (χ2n) is 3.90. The van der Waals surface area contributed by atoms with Gasteiger partial charge >= 0.3 is 0 Å². The van der Waals surface area contributed by atoms with Gasteiger partial charge < -0.3 is 4.74 Å². The van der Waals surface area contributed by atoms with Crippen molar-refractivity contribution in [1.82, 2.24) is 0 Å². The highest BCUT2D eigenvalue weighted by atomic mass is 32.2. The van der Waals surface area contributed by atoms with Crippen LogP contribution in [0.1, 0.15) is 12.5 Å². The van der Waals surface area contributed by atoms with Gasteiger partial charge in [0.25, 0.3) is 10.1 Å². The average Bonchev–Trinajstić information content (AvgIpc) is 2.35. The van der Waals surface area contributed by atoms with Gasteiger partial charge in [-0.25, -0.2) is 0 Å². The van der Waals surface area contributed by atoms with Gasteiger partial charge in [0.05, 0.1) is 24.2 Å². The molecular weight excluding hydrogens is 252 g/mol. The van der Waals surface area contributed by atoms with E-state index in [9.17, 15) is 8.42 Å². The molecule has 1 aromatic carbocycles. The molecule has 0 aliphatic heterocycles. The minimum atomic E-state index is -3.69. The van der Waals surface area contributed by atoms with Gasteiger partial charge in [-0.05, 0) is 26.0 Å². The maximum Gasteiger partial charge on any atom is 0.297 e. The Morgan fingerprint density at radius 1 is 1.28 bits per heavy atom. The van der Waals surface area contributed by atoms with Crippen LogP contribution in [0.4, 0.5) is 0 Å². The molecule has 0 spiro atoms. The summed E-state index contributed by atoms with van der Waals surface area (Å²) in [5, 5.41) is 0. The van der Waals surface area contributed by atoms with Gasteiger partial charge in [-0.15, -0.1) is 6.58 Å². The first kappa shape index (κ1) is 14.9. The zero-order chi connectivity index (χ0) is 13.6. The molecule has 5 heteroatoms. The summed E-state index contributed by atoms with van der Waals surface area (Å²) >= 11 is 0. The van der Waals surface area contributed by atoms with Gasteiger partial charge in [0.15, 0.2) is 0 Å². The van der Waals surface area contributed by atoms with E-state index < -0.39 is 10.1 Å². The average molecular weight is 270 g/mol. The maximum atomic E-state index is 11.8. The Bertz CT molecular complexity index is 476. The SMILES string of the molecule is C=CC(C)OCCOS(=O)(=O)c1ccc(C)cc1. The fourth-order valence-corrected chi connectivity index (χ4v) is 2.11. The van der Waals surface area contributed by atoms with Crippen LogP contribution in [0.3, 0.4) is 0 Å². The molecule has 1 aromatic rings. The van der Waals surface area contributed by atoms with Crippen molar-refractivity contribution < 1.29 is 17.3 Å². The zero-order valence-electron chi connectivity index (χ0n) is 10.6. The van der Waals surface area contributed by atoms with E-state index in [1.54, 1.807) is 18.2 Å². The fourth-order valence-electron chi connectivity index (χ4n) is 1.22. The van der Waals surface area contributed by atoms with E-state index in [2.05, 4.69) is 6.58 Å². The molecule has 100 valence electrons. The largest absolute Gasteiger partial charge is 0.372 e. The molecule has 0 fully saturated rings. The molecule has 0 radical (unpaired) electrons. The summed E-state index contributed by atoms with van der Waals surface area (Å²) in [5.74, 6) is 0. The van der Waals surface area contributed by atoms with Crippen molar-refractivity contribution in [2.24, 2.45) is 0 Å². The van der Waals surface area contributed by atoms with Crippen molar-refractivity contribution in [1.29, 1.82) is 0 Å². The van der Waals surface area contributed by atoms with Crippen LogP contribution in [-0.2, 0) is 19.0 Å². The molecule has 0 N–H and O–H groups in total. The van der Waals surface area contributed by atoms with Crippen molar-refractivity contribution in [3.63, 3.8) is 0 Å². The molecule has 0 amide bonds. The van der Waals surface area contributed by atoms with E-state index in [1.807, 2.05) is 13.8 Å².